The van der Waals surface area contributed by atoms with Crippen molar-refractivity contribution in [3.63, 3.8) is 0 Å². The molecule has 4 aromatic carbocycles. The Morgan fingerprint density at radius 1 is 0.783 bits per heavy atom. The number of carbonyl (C=O) groups is 2. The molecule has 2 N–H and O–H groups in total. The molecule has 1 atom stereocenters. The van der Waals surface area contributed by atoms with Gasteiger partial charge in [-0.15, -0.1) is 0 Å². The van der Waals surface area contributed by atoms with Gasteiger partial charge in [-0.05, 0) is 54.1 Å². The number of anilines is 1. The number of aromatic nitrogens is 2. The van der Waals surface area contributed by atoms with Gasteiger partial charge >= 0.3 is 5.97 Å². The molecule has 10 heteroatoms. The molecule has 0 radical (unpaired) electrons. The van der Waals surface area contributed by atoms with E-state index in [4.69, 9.17) is 28.2 Å². The first-order valence-electron chi connectivity index (χ1n) is 13.9. The van der Waals surface area contributed by atoms with Crippen molar-refractivity contribution in [2.75, 3.05) is 5.32 Å². The standard InChI is InChI=1S/C36H22Cl2N4O3S/c37-28-16-12-23(18-29(28)38)30-17-13-24(20-39)35(42-30)46-33(22-6-2-1-3-7-22)34(43)40-25-14-10-21(11-15-25)32-19-27(36(44)45)26-8-4-5-9-31(26)41-32/h1-19,33H,(H,40,43)(H,44,45). The third-order valence-corrected chi connectivity index (χ3v) is 9.16. The van der Waals surface area contributed by atoms with Gasteiger partial charge in [0.15, 0.2) is 0 Å². The van der Waals surface area contributed by atoms with Crippen LogP contribution in [0.5, 0.6) is 0 Å². The number of pyridine rings is 2. The predicted octanol–water partition coefficient (Wildman–Crippen LogP) is 9.31. The number of nitriles is 1. The fourth-order valence-electron chi connectivity index (χ4n) is 4.88. The second-order valence-corrected chi connectivity index (χ2v) is 12.1. The number of fused-ring (bicyclic) bond motifs is 1. The van der Waals surface area contributed by atoms with Crippen molar-refractivity contribution in [2.24, 2.45) is 0 Å². The summed E-state index contributed by atoms with van der Waals surface area (Å²) in [6.07, 6.45) is 0. The van der Waals surface area contributed by atoms with Crippen LogP contribution in [0.2, 0.25) is 10.0 Å². The summed E-state index contributed by atoms with van der Waals surface area (Å²) in [7, 11) is 0. The Morgan fingerprint density at radius 3 is 2.22 bits per heavy atom. The zero-order valence-corrected chi connectivity index (χ0v) is 26.1. The maximum atomic E-state index is 13.8. The van der Waals surface area contributed by atoms with Crippen LogP contribution in [0.4, 0.5) is 5.69 Å². The van der Waals surface area contributed by atoms with E-state index in [1.165, 1.54) is 11.8 Å². The van der Waals surface area contributed by atoms with E-state index in [0.29, 0.717) is 54.2 Å². The second kappa shape index (κ2) is 13.4. The minimum absolute atomic E-state index is 0.161. The molecule has 0 aliphatic carbocycles. The molecule has 1 amide bonds. The van der Waals surface area contributed by atoms with Crippen LogP contribution >= 0.6 is 35.0 Å². The SMILES string of the molecule is N#Cc1ccc(-c2ccc(Cl)c(Cl)c2)nc1SC(C(=O)Nc1ccc(-c2cc(C(=O)O)c3ccccc3n2)cc1)c1ccccc1. The normalized spacial score (nSPS) is 11.5. The van der Waals surface area contributed by atoms with Gasteiger partial charge < -0.3 is 10.4 Å². The fourth-order valence-corrected chi connectivity index (χ4v) is 6.25. The number of para-hydroxylation sites is 1. The third kappa shape index (κ3) is 6.58. The molecule has 0 bridgehead atoms. The van der Waals surface area contributed by atoms with Gasteiger partial charge in [0, 0.05) is 22.2 Å². The van der Waals surface area contributed by atoms with Crippen molar-refractivity contribution < 1.29 is 14.7 Å². The van der Waals surface area contributed by atoms with E-state index >= 15 is 0 Å². The molecule has 224 valence electrons. The lowest BCUT2D eigenvalue weighted by Gasteiger charge is -2.18. The van der Waals surface area contributed by atoms with Crippen LogP contribution in [0.25, 0.3) is 33.4 Å². The molecular weight excluding hydrogens is 639 g/mol. The molecule has 2 aromatic heterocycles. The number of carbonyl (C=O) groups excluding carboxylic acids is 1. The molecule has 6 aromatic rings. The Labute approximate surface area is 278 Å². The van der Waals surface area contributed by atoms with Gasteiger partial charge in [-0.25, -0.2) is 14.8 Å². The number of hydrogen-bond acceptors (Lipinski definition) is 6. The highest BCUT2D eigenvalue weighted by Gasteiger charge is 2.25. The third-order valence-electron chi connectivity index (χ3n) is 7.16. The fraction of sp³-hybridized carbons (Fsp3) is 0.0278. The number of aromatic carboxylic acids is 1. The van der Waals surface area contributed by atoms with Crippen molar-refractivity contribution in [2.45, 2.75) is 10.3 Å². The van der Waals surface area contributed by atoms with Crippen molar-refractivity contribution in [1.82, 2.24) is 9.97 Å². The number of hydrogen-bond donors (Lipinski definition) is 2. The van der Waals surface area contributed by atoms with E-state index in [1.807, 2.05) is 36.4 Å². The summed E-state index contributed by atoms with van der Waals surface area (Å²) in [5, 5.41) is 23.6. The molecular formula is C36H22Cl2N4O3S. The van der Waals surface area contributed by atoms with Crippen molar-refractivity contribution in [3.05, 3.63) is 142 Å². The molecule has 2 heterocycles. The van der Waals surface area contributed by atoms with E-state index in [-0.39, 0.29) is 11.5 Å². The Balaban J connectivity index is 1.29. The van der Waals surface area contributed by atoms with Crippen LogP contribution in [0.15, 0.2) is 120 Å². The Morgan fingerprint density at radius 2 is 1.50 bits per heavy atom. The summed E-state index contributed by atoms with van der Waals surface area (Å²) in [5.41, 5.74) is 4.83. The molecule has 6 rings (SSSR count). The van der Waals surface area contributed by atoms with Gasteiger partial charge in [-0.1, -0.05) is 102 Å². The lowest BCUT2D eigenvalue weighted by molar-refractivity contribution is -0.115. The molecule has 46 heavy (non-hydrogen) atoms. The predicted molar refractivity (Wildman–Crippen MR) is 182 cm³/mol. The summed E-state index contributed by atoms with van der Waals surface area (Å²) in [6, 6.07) is 35.7. The van der Waals surface area contributed by atoms with Crippen LogP contribution in [0.1, 0.15) is 26.7 Å². The molecule has 0 spiro atoms. The van der Waals surface area contributed by atoms with E-state index < -0.39 is 11.2 Å². The zero-order chi connectivity index (χ0) is 32.2. The molecule has 0 saturated heterocycles. The van der Waals surface area contributed by atoms with Gasteiger partial charge in [0.05, 0.1) is 38.1 Å². The number of rotatable bonds is 8. The maximum Gasteiger partial charge on any atom is 0.336 e. The first-order chi connectivity index (χ1) is 22.3. The van der Waals surface area contributed by atoms with Crippen molar-refractivity contribution >= 4 is 63.4 Å². The number of nitrogens with one attached hydrogen (secondary N) is 1. The van der Waals surface area contributed by atoms with E-state index in [9.17, 15) is 20.0 Å². The number of carboxylic acid groups (broad SMARTS) is 1. The molecule has 1 unspecified atom stereocenters. The number of amides is 1. The molecule has 7 nitrogen and oxygen atoms in total. The average Bonchev–Trinajstić information content (AvgIpc) is 3.08. The van der Waals surface area contributed by atoms with E-state index in [0.717, 1.165) is 11.1 Å². The van der Waals surface area contributed by atoms with Crippen LogP contribution in [-0.4, -0.2) is 27.0 Å². The Bertz CT molecular complexity index is 2150. The van der Waals surface area contributed by atoms with Crippen LogP contribution in [0, 0.1) is 11.3 Å². The van der Waals surface area contributed by atoms with Gasteiger partial charge in [-0.2, -0.15) is 5.26 Å². The number of benzene rings is 4. The summed E-state index contributed by atoms with van der Waals surface area (Å²) < 4.78 is 0. The maximum absolute atomic E-state index is 13.8. The van der Waals surface area contributed by atoms with Crippen molar-refractivity contribution in [3.8, 4) is 28.6 Å². The van der Waals surface area contributed by atoms with Crippen LogP contribution in [-0.2, 0) is 4.79 Å². The summed E-state index contributed by atoms with van der Waals surface area (Å²) in [5.74, 6) is -1.35. The van der Waals surface area contributed by atoms with Gasteiger partial charge in [0.1, 0.15) is 16.3 Å². The molecule has 0 fully saturated rings. The van der Waals surface area contributed by atoms with Crippen LogP contribution < -0.4 is 5.32 Å². The quantitative estimate of drug-likeness (QED) is 0.156. The van der Waals surface area contributed by atoms with Gasteiger partial charge in [0.25, 0.3) is 0 Å². The zero-order valence-electron chi connectivity index (χ0n) is 23.8. The second-order valence-electron chi connectivity index (χ2n) is 10.1. The van der Waals surface area contributed by atoms with Gasteiger partial charge in [0.2, 0.25) is 5.91 Å². The Hall–Kier alpha value is -5.20. The number of thioether (sulfide) groups is 1. The summed E-state index contributed by atoms with van der Waals surface area (Å²) in [6.45, 7) is 0. The highest BCUT2D eigenvalue weighted by atomic mass is 35.5. The van der Waals surface area contributed by atoms with Gasteiger partial charge in [-0.3, -0.25) is 4.79 Å². The average molecular weight is 662 g/mol. The molecule has 0 saturated carbocycles. The highest BCUT2D eigenvalue weighted by Crippen LogP contribution is 2.38. The summed E-state index contributed by atoms with van der Waals surface area (Å²) in [4.78, 5) is 35.1. The largest absolute Gasteiger partial charge is 0.478 e. The highest BCUT2D eigenvalue weighted by molar-refractivity contribution is 8.00. The lowest BCUT2D eigenvalue weighted by atomic mass is 10.0. The number of nitrogens with zero attached hydrogens (tertiary/aromatic N) is 3. The van der Waals surface area contributed by atoms with Crippen LogP contribution in [0.3, 0.4) is 0 Å². The monoisotopic (exact) mass is 660 g/mol. The number of halogens is 2. The van der Waals surface area contributed by atoms with Crippen molar-refractivity contribution in [1.29, 1.82) is 5.26 Å². The first-order valence-corrected chi connectivity index (χ1v) is 15.6. The lowest BCUT2D eigenvalue weighted by Crippen LogP contribution is -2.19. The molecule has 0 aliphatic rings. The minimum Gasteiger partial charge on any atom is -0.478 e. The number of carboxylic acids is 1. The minimum atomic E-state index is -1.04. The van der Waals surface area contributed by atoms with E-state index in [2.05, 4.69) is 16.4 Å². The smallest absolute Gasteiger partial charge is 0.336 e. The molecule has 0 aliphatic heterocycles. The first kappa shape index (κ1) is 30.8. The summed E-state index contributed by atoms with van der Waals surface area (Å²) >= 11 is 13.5. The van der Waals surface area contributed by atoms with E-state index in [1.54, 1.807) is 78.9 Å². The Kier molecular flexibility index (Phi) is 8.99. The topological polar surface area (TPSA) is 116 Å².